The zero-order valence-electron chi connectivity index (χ0n) is 9.06. The number of urea groups is 1. The summed E-state index contributed by atoms with van der Waals surface area (Å²) in [5.74, 6) is 0.839. The van der Waals surface area contributed by atoms with Gasteiger partial charge in [-0.25, -0.2) is 4.79 Å². The van der Waals surface area contributed by atoms with E-state index in [2.05, 4.69) is 5.32 Å². The molecule has 1 saturated carbocycles. The summed E-state index contributed by atoms with van der Waals surface area (Å²) in [6.45, 7) is 0. The molecule has 0 aromatic heterocycles. The number of carbonyl (C=O) groups is 1. The lowest BCUT2D eigenvalue weighted by atomic mass is 10.2. The summed E-state index contributed by atoms with van der Waals surface area (Å²) in [6, 6.07) is 9.20. The highest BCUT2D eigenvalue weighted by Crippen LogP contribution is 2.24. The maximum atomic E-state index is 10.8. The fourth-order valence-corrected chi connectivity index (χ4v) is 2.09. The summed E-state index contributed by atoms with van der Waals surface area (Å²) < 4.78 is 5.82. The minimum Gasteiger partial charge on any atom is -0.488 e. The molecule has 4 nitrogen and oxygen atoms in total. The molecule has 0 aliphatic heterocycles. The van der Waals surface area contributed by atoms with Crippen LogP contribution in [0.2, 0.25) is 0 Å². The summed E-state index contributed by atoms with van der Waals surface area (Å²) >= 11 is 0. The van der Waals surface area contributed by atoms with Gasteiger partial charge in [-0.15, -0.1) is 0 Å². The minimum absolute atomic E-state index is 0.0369. The van der Waals surface area contributed by atoms with Crippen LogP contribution in [0.15, 0.2) is 30.3 Å². The molecule has 0 heterocycles. The molecule has 4 heteroatoms. The number of amides is 2. The Bertz CT molecular complexity index is 353. The van der Waals surface area contributed by atoms with Gasteiger partial charge in [0.2, 0.25) is 0 Å². The van der Waals surface area contributed by atoms with E-state index in [1.54, 1.807) is 0 Å². The van der Waals surface area contributed by atoms with E-state index < -0.39 is 6.03 Å². The van der Waals surface area contributed by atoms with Crippen LogP contribution in [0.25, 0.3) is 0 Å². The van der Waals surface area contributed by atoms with Gasteiger partial charge in [0.25, 0.3) is 0 Å². The first-order valence-electron chi connectivity index (χ1n) is 5.53. The van der Waals surface area contributed by atoms with Crippen molar-refractivity contribution >= 4 is 6.03 Å². The molecule has 2 amide bonds. The zero-order chi connectivity index (χ0) is 11.4. The van der Waals surface area contributed by atoms with Crippen molar-refractivity contribution in [1.82, 2.24) is 5.32 Å². The van der Waals surface area contributed by atoms with Crippen LogP contribution in [0.3, 0.4) is 0 Å². The molecule has 86 valence electrons. The Morgan fingerprint density at radius 3 is 2.75 bits per heavy atom. The number of carbonyl (C=O) groups excluding carboxylic acids is 1. The maximum absolute atomic E-state index is 10.8. The van der Waals surface area contributed by atoms with Crippen molar-refractivity contribution in [2.75, 3.05) is 0 Å². The topological polar surface area (TPSA) is 64.4 Å². The van der Waals surface area contributed by atoms with Gasteiger partial charge in [0.15, 0.2) is 0 Å². The first-order valence-corrected chi connectivity index (χ1v) is 5.53. The number of hydrogen-bond acceptors (Lipinski definition) is 2. The molecule has 0 unspecified atom stereocenters. The highest BCUT2D eigenvalue weighted by molar-refractivity contribution is 5.72. The van der Waals surface area contributed by atoms with E-state index in [0.717, 1.165) is 25.0 Å². The molecule has 1 aromatic carbocycles. The quantitative estimate of drug-likeness (QED) is 0.813. The predicted octanol–water partition coefficient (Wildman–Crippen LogP) is 1.65. The van der Waals surface area contributed by atoms with Crippen LogP contribution in [-0.2, 0) is 0 Å². The Kier molecular flexibility index (Phi) is 3.29. The van der Waals surface area contributed by atoms with E-state index >= 15 is 0 Å². The van der Waals surface area contributed by atoms with Crippen LogP contribution in [-0.4, -0.2) is 18.2 Å². The van der Waals surface area contributed by atoms with Crippen molar-refractivity contribution in [3.8, 4) is 5.75 Å². The number of nitrogens with two attached hydrogens (primary N) is 1. The van der Waals surface area contributed by atoms with Gasteiger partial charge in [-0.2, -0.15) is 0 Å². The predicted molar refractivity (Wildman–Crippen MR) is 61.2 cm³/mol. The van der Waals surface area contributed by atoms with E-state index in [0.29, 0.717) is 0 Å². The normalized spacial score (nSPS) is 24.0. The Morgan fingerprint density at radius 1 is 1.31 bits per heavy atom. The Hall–Kier alpha value is -1.71. The lowest BCUT2D eigenvalue weighted by Crippen LogP contribution is -2.44. The minimum atomic E-state index is -0.478. The van der Waals surface area contributed by atoms with Crippen LogP contribution in [0.1, 0.15) is 19.3 Å². The third-order valence-electron chi connectivity index (χ3n) is 2.81. The SMILES string of the molecule is NC(=O)N[C@@H]1CCC[C@H]1Oc1ccccc1. The maximum Gasteiger partial charge on any atom is 0.312 e. The standard InChI is InChI=1S/C12H16N2O2/c13-12(15)14-10-7-4-8-11(10)16-9-5-2-1-3-6-9/h1-3,5-6,10-11H,4,7-8H2,(H3,13,14,15)/t10-,11-/m1/s1. The molecule has 1 fully saturated rings. The van der Waals surface area contributed by atoms with Crippen LogP contribution in [0.4, 0.5) is 4.79 Å². The van der Waals surface area contributed by atoms with Gasteiger partial charge in [0, 0.05) is 0 Å². The van der Waals surface area contributed by atoms with Crippen LogP contribution in [0, 0.1) is 0 Å². The van der Waals surface area contributed by atoms with Gasteiger partial charge in [-0.05, 0) is 31.4 Å². The molecular weight excluding hydrogens is 204 g/mol. The Balaban J connectivity index is 1.96. The number of rotatable bonds is 3. The molecule has 16 heavy (non-hydrogen) atoms. The number of benzene rings is 1. The lowest BCUT2D eigenvalue weighted by Gasteiger charge is -2.21. The molecule has 0 radical (unpaired) electrons. The average molecular weight is 220 g/mol. The highest BCUT2D eigenvalue weighted by atomic mass is 16.5. The molecule has 1 aromatic rings. The summed E-state index contributed by atoms with van der Waals surface area (Å²) in [6.07, 6.45) is 2.98. The second-order valence-electron chi connectivity index (χ2n) is 4.02. The smallest absolute Gasteiger partial charge is 0.312 e. The zero-order valence-corrected chi connectivity index (χ0v) is 9.06. The average Bonchev–Trinajstić information content (AvgIpc) is 2.66. The van der Waals surface area contributed by atoms with Gasteiger partial charge in [0.1, 0.15) is 11.9 Å². The summed E-state index contributed by atoms with van der Waals surface area (Å²) in [5.41, 5.74) is 5.12. The van der Waals surface area contributed by atoms with Crippen molar-refractivity contribution in [3.63, 3.8) is 0 Å². The monoisotopic (exact) mass is 220 g/mol. The fraction of sp³-hybridized carbons (Fsp3) is 0.417. The first kappa shape index (κ1) is 10.8. The number of ether oxygens (including phenoxy) is 1. The van der Waals surface area contributed by atoms with Crippen LogP contribution < -0.4 is 15.8 Å². The summed E-state index contributed by atoms with van der Waals surface area (Å²) in [4.78, 5) is 10.8. The van der Waals surface area contributed by atoms with Crippen LogP contribution >= 0.6 is 0 Å². The largest absolute Gasteiger partial charge is 0.488 e. The van der Waals surface area contributed by atoms with Gasteiger partial charge >= 0.3 is 6.03 Å². The van der Waals surface area contributed by atoms with Gasteiger partial charge in [0.05, 0.1) is 6.04 Å². The molecular formula is C12H16N2O2. The van der Waals surface area contributed by atoms with Gasteiger partial charge in [-0.1, -0.05) is 18.2 Å². The van der Waals surface area contributed by atoms with Gasteiger partial charge in [-0.3, -0.25) is 0 Å². The third-order valence-corrected chi connectivity index (χ3v) is 2.81. The molecule has 2 rings (SSSR count). The fourth-order valence-electron chi connectivity index (χ4n) is 2.09. The number of primary amides is 1. The molecule has 0 saturated heterocycles. The molecule has 3 N–H and O–H groups in total. The van der Waals surface area contributed by atoms with E-state index in [1.165, 1.54) is 0 Å². The van der Waals surface area contributed by atoms with Crippen molar-refractivity contribution in [3.05, 3.63) is 30.3 Å². The number of hydrogen-bond donors (Lipinski definition) is 2. The second kappa shape index (κ2) is 4.88. The van der Waals surface area contributed by atoms with Crippen molar-refractivity contribution in [1.29, 1.82) is 0 Å². The van der Waals surface area contributed by atoms with Gasteiger partial charge < -0.3 is 15.8 Å². The Morgan fingerprint density at radius 2 is 2.06 bits per heavy atom. The molecule has 2 atom stereocenters. The van der Waals surface area contributed by atoms with Crippen molar-refractivity contribution in [2.45, 2.75) is 31.4 Å². The van der Waals surface area contributed by atoms with E-state index in [9.17, 15) is 4.79 Å². The van der Waals surface area contributed by atoms with Crippen LogP contribution in [0.5, 0.6) is 5.75 Å². The molecule has 0 bridgehead atoms. The number of para-hydroxylation sites is 1. The van der Waals surface area contributed by atoms with Crippen molar-refractivity contribution < 1.29 is 9.53 Å². The Labute approximate surface area is 94.8 Å². The molecule has 1 aliphatic carbocycles. The van der Waals surface area contributed by atoms with E-state index in [-0.39, 0.29) is 12.1 Å². The highest BCUT2D eigenvalue weighted by Gasteiger charge is 2.29. The number of nitrogens with one attached hydrogen (secondary N) is 1. The lowest BCUT2D eigenvalue weighted by molar-refractivity contribution is 0.174. The summed E-state index contributed by atoms with van der Waals surface area (Å²) in [5, 5.41) is 2.73. The summed E-state index contributed by atoms with van der Waals surface area (Å²) in [7, 11) is 0. The van der Waals surface area contributed by atoms with Crippen molar-refractivity contribution in [2.24, 2.45) is 5.73 Å². The second-order valence-corrected chi connectivity index (χ2v) is 4.02. The first-order chi connectivity index (χ1) is 7.75. The van der Waals surface area contributed by atoms with E-state index in [4.69, 9.17) is 10.5 Å². The molecule has 0 spiro atoms. The van der Waals surface area contributed by atoms with E-state index in [1.807, 2.05) is 30.3 Å². The molecule has 1 aliphatic rings. The third kappa shape index (κ3) is 2.66.